The molecule has 3 rings (SSSR count). The lowest BCUT2D eigenvalue weighted by molar-refractivity contribution is 0.284. The van der Waals surface area contributed by atoms with Crippen molar-refractivity contribution in [3.8, 4) is 11.5 Å². The molecule has 0 radical (unpaired) electrons. The van der Waals surface area contributed by atoms with Gasteiger partial charge in [-0.1, -0.05) is 71.7 Å². The zero-order valence-corrected chi connectivity index (χ0v) is 16.6. The van der Waals surface area contributed by atoms with Gasteiger partial charge in [-0.05, 0) is 29.3 Å². The minimum atomic E-state index is 0.321. The predicted molar refractivity (Wildman–Crippen MR) is 111 cm³/mol. The summed E-state index contributed by atoms with van der Waals surface area (Å²) in [6, 6.07) is 21.6. The fraction of sp³-hybridized carbons (Fsp3) is 0.182. The quantitative estimate of drug-likeness (QED) is 0.511. The van der Waals surface area contributed by atoms with Crippen molar-refractivity contribution in [1.82, 2.24) is 5.32 Å². The van der Waals surface area contributed by atoms with Crippen LogP contribution < -0.4 is 14.8 Å². The van der Waals surface area contributed by atoms with Crippen LogP contribution in [-0.4, -0.2) is 7.11 Å². The average Bonchev–Trinajstić information content (AvgIpc) is 2.69. The smallest absolute Gasteiger partial charge is 0.180 e. The number of halogens is 2. The van der Waals surface area contributed by atoms with Gasteiger partial charge in [0.2, 0.25) is 0 Å². The summed E-state index contributed by atoms with van der Waals surface area (Å²) < 4.78 is 11.4. The van der Waals surface area contributed by atoms with Crippen molar-refractivity contribution in [3.63, 3.8) is 0 Å². The average molecular weight is 402 g/mol. The first-order valence-corrected chi connectivity index (χ1v) is 9.40. The number of rotatable bonds is 8. The molecular weight excluding hydrogens is 381 g/mol. The summed E-state index contributed by atoms with van der Waals surface area (Å²) in [6.45, 7) is 1.78. The van der Waals surface area contributed by atoms with Gasteiger partial charge in [-0.3, -0.25) is 0 Å². The van der Waals surface area contributed by atoms with E-state index in [9.17, 15) is 0 Å². The lowest BCUT2D eigenvalue weighted by atomic mass is 10.1. The van der Waals surface area contributed by atoms with Crippen LogP contribution in [0.3, 0.4) is 0 Å². The number of benzene rings is 3. The first kappa shape index (κ1) is 19.6. The zero-order chi connectivity index (χ0) is 19.1. The van der Waals surface area contributed by atoms with Crippen molar-refractivity contribution in [3.05, 3.63) is 93.5 Å². The molecule has 3 aromatic rings. The molecule has 0 saturated heterocycles. The first-order chi connectivity index (χ1) is 13.2. The van der Waals surface area contributed by atoms with Crippen LogP contribution in [-0.2, 0) is 19.7 Å². The molecule has 27 heavy (non-hydrogen) atoms. The molecule has 140 valence electrons. The van der Waals surface area contributed by atoms with Crippen LogP contribution in [0.4, 0.5) is 0 Å². The third-order valence-corrected chi connectivity index (χ3v) is 4.77. The fourth-order valence-corrected chi connectivity index (χ4v) is 3.21. The molecule has 3 nitrogen and oxygen atoms in total. The van der Waals surface area contributed by atoms with E-state index in [-0.39, 0.29) is 0 Å². The largest absolute Gasteiger partial charge is 0.493 e. The van der Waals surface area contributed by atoms with Crippen molar-refractivity contribution in [2.75, 3.05) is 7.11 Å². The number of methoxy groups -OCH3 is 1. The maximum Gasteiger partial charge on any atom is 0.180 e. The summed E-state index contributed by atoms with van der Waals surface area (Å²) in [5, 5.41) is 4.58. The normalized spacial score (nSPS) is 10.6. The van der Waals surface area contributed by atoms with Gasteiger partial charge in [0.15, 0.2) is 11.5 Å². The summed E-state index contributed by atoms with van der Waals surface area (Å²) >= 11 is 12.6. The van der Waals surface area contributed by atoms with E-state index in [2.05, 4.69) is 17.4 Å². The summed E-state index contributed by atoms with van der Waals surface area (Å²) in [6.07, 6.45) is 0. The second kappa shape index (κ2) is 9.65. The zero-order valence-electron chi connectivity index (χ0n) is 15.0. The minimum Gasteiger partial charge on any atom is -0.493 e. The molecule has 0 aliphatic heterocycles. The van der Waals surface area contributed by atoms with Crippen molar-refractivity contribution >= 4 is 23.2 Å². The van der Waals surface area contributed by atoms with E-state index in [1.807, 2.05) is 54.6 Å². The first-order valence-electron chi connectivity index (χ1n) is 8.64. The Morgan fingerprint density at radius 2 is 1.52 bits per heavy atom. The molecule has 5 heteroatoms. The molecule has 0 spiro atoms. The summed E-state index contributed by atoms with van der Waals surface area (Å²) in [4.78, 5) is 0. The maximum atomic E-state index is 6.45. The van der Waals surface area contributed by atoms with Gasteiger partial charge >= 0.3 is 0 Å². The molecule has 0 saturated carbocycles. The van der Waals surface area contributed by atoms with Crippen LogP contribution in [0.1, 0.15) is 16.7 Å². The Kier molecular flexibility index (Phi) is 6.99. The van der Waals surface area contributed by atoms with E-state index in [1.165, 1.54) is 5.56 Å². The molecule has 0 atom stereocenters. The van der Waals surface area contributed by atoms with E-state index < -0.39 is 0 Å². The lowest BCUT2D eigenvalue weighted by Gasteiger charge is -2.15. The van der Waals surface area contributed by atoms with E-state index in [4.69, 9.17) is 32.7 Å². The van der Waals surface area contributed by atoms with Gasteiger partial charge in [0, 0.05) is 23.7 Å². The number of hydrogen-bond donors (Lipinski definition) is 1. The van der Waals surface area contributed by atoms with Gasteiger partial charge < -0.3 is 14.8 Å². The Morgan fingerprint density at radius 3 is 2.26 bits per heavy atom. The standard InChI is InChI=1S/C22H21Cl2NO2/c1-26-21-12-17(14-25-13-16-7-3-2-4-8-16)11-20(24)22(21)27-15-18-9-5-6-10-19(18)23/h2-12,25H,13-15H2,1H3. The summed E-state index contributed by atoms with van der Waals surface area (Å²) in [5.74, 6) is 1.12. The molecule has 3 aromatic carbocycles. The van der Waals surface area contributed by atoms with Crippen LogP contribution in [0, 0.1) is 0 Å². The number of nitrogens with one attached hydrogen (secondary N) is 1. The fourth-order valence-electron chi connectivity index (χ4n) is 2.73. The van der Waals surface area contributed by atoms with Crippen LogP contribution in [0.5, 0.6) is 11.5 Å². The SMILES string of the molecule is COc1cc(CNCc2ccccc2)cc(Cl)c1OCc1ccccc1Cl. The molecule has 0 amide bonds. The molecule has 0 heterocycles. The Morgan fingerprint density at radius 1 is 0.815 bits per heavy atom. The Balaban J connectivity index is 1.66. The van der Waals surface area contributed by atoms with E-state index in [1.54, 1.807) is 7.11 Å². The molecule has 0 unspecified atom stereocenters. The Hall–Kier alpha value is -2.20. The molecular formula is C22H21Cl2NO2. The van der Waals surface area contributed by atoms with E-state index >= 15 is 0 Å². The van der Waals surface area contributed by atoms with Crippen LogP contribution in [0.15, 0.2) is 66.7 Å². The van der Waals surface area contributed by atoms with Gasteiger partial charge in [0.25, 0.3) is 0 Å². The predicted octanol–water partition coefficient (Wildman–Crippen LogP) is 5.87. The van der Waals surface area contributed by atoms with Gasteiger partial charge in [0.1, 0.15) is 6.61 Å². The van der Waals surface area contributed by atoms with Crippen LogP contribution in [0.2, 0.25) is 10.0 Å². The second-order valence-corrected chi connectivity index (χ2v) is 6.89. The van der Waals surface area contributed by atoms with Gasteiger partial charge in [0.05, 0.1) is 12.1 Å². The van der Waals surface area contributed by atoms with E-state index in [0.29, 0.717) is 34.7 Å². The minimum absolute atomic E-state index is 0.321. The van der Waals surface area contributed by atoms with Crippen LogP contribution in [0.25, 0.3) is 0 Å². The maximum absolute atomic E-state index is 6.45. The monoisotopic (exact) mass is 401 g/mol. The van der Waals surface area contributed by atoms with Crippen molar-refractivity contribution in [2.24, 2.45) is 0 Å². The highest BCUT2D eigenvalue weighted by Gasteiger charge is 2.13. The summed E-state index contributed by atoms with van der Waals surface area (Å²) in [7, 11) is 1.61. The molecule has 0 aliphatic carbocycles. The third-order valence-electron chi connectivity index (χ3n) is 4.12. The number of hydrogen-bond acceptors (Lipinski definition) is 3. The van der Waals surface area contributed by atoms with Gasteiger partial charge in [-0.25, -0.2) is 0 Å². The highest BCUT2D eigenvalue weighted by atomic mass is 35.5. The van der Waals surface area contributed by atoms with Gasteiger partial charge in [-0.2, -0.15) is 0 Å². The van der Waals surface area contributed by atoms with Gasteiger partial charge in [-0.15, -0.1) is 0 Å². The molecule has 1 N–H and O–H groups in total. The molecule has 0 bridgehead atoms. The van der Waals surface area contributed by atoms with Crippen molar-refractivity contribution < 1.29 is 9.47 Å². The topological polar surface area (TPSA) is 30.5 Å². The highest BCUT2D eigenvalue weighted by molar-refractivity contribution is 6.32. The van der Waals surface area contributed by atoms with Crippen molar-refractivity contribution in [1.29, 1.82) is 0 Å². The second-order valence-electron chi connectivity index (χ2n) is 6.08. The molecule has 0 aliphatic rings. The van der Waals surface area contributed by atoms with Crippen molar-refractivity contribution in [2.45, 2.75) is 19.7 Å². The van der Waals surface area contributed by atoms with Crippen LogP contribution >= 0.6 is 23.2 Å². The lowest BCUT2D eigenvalue weighted by Crippen LogP contribution is -2.12. The summed E-state index contributed by atoms with van der Waals surface area (Å²) in [5.41, 5.74) is 3.15. The number of ether oxygens (including phenoxy) is 2. The molecule has 0 fully saturated rings. The van der Waals surface area contributed by atoms with E-state index in [0.717, 1.165) is 17.7 Å². The third kappa shape index (κ3) is 5.39. The Labute approximate surface area is 169 Å². The highest BCUT2D eigenvalue weighted by Crippen LogP contribution is 2.37. The molecule has 0 aromatic heterocycles. The Bertz CT molecular complexity index is 885.